The number of nitrogens with one attached hydrogen (secondary N) is 1. The number of fused-ring (bicyclic) bond motifs is 1. The Hall–Kier alpha value is -2.54. The summed E-state index contributed by atoms with van der Waals surface area (Å²) in [4.78, 5) is 26.8. The molecule has 3 aliphatic rings. The number of aromatic carboxylic acids is 1. The molecule has 1 aromatic carbocycles. The zero-order valence-electron chi connectivity index (χ0n) is 17.6. The molecule has 1 aromatic heterocycles. The number of pyridine rings is 1. The van der Waals surface area contributed by atoms with E-state index in [9.17, 15) is 14.7 Å². The molecule has 2 heterocycles. The first-order chi connectivity index (χ1) is 14.5. The summed E-state index contributed by atoms with van der Waals surface area (Å²) in [6.07, 6.45) is 6.06. The van der Waals surface area contributed by atoms with Gasteiger partial charge in [-0.2, -0.15) is 0 Å². The molecule has 160 valence electrons. The lowest BCUT2D eigenvalue weighted by atomic mass is 9.98. The lowest BCUT2D eigenvalue weighted by Gasteiger charge is -2.24. The molecule has 2 N–H and O–H groups in total. The second kappa shape index (κ2) is 7.30. The Bertz CT molecular complexity index is 1050. The van der Waals surface area contributed by atoms with Crippen LogP contribution in [0.2, 0.25) is 0 Å². The molecular formula is C23H29N3O4. The van der Waals surface area contributed by atoms with Gasteiger partial charge in [0.05, 0.1) is 23.7 Å². The smallest absolute Gasteiger partial charge is 0.341 e. The van der Waals surface area contributed by atoms with Gasteiger partial charge < -0.3 is 24.6 Å². The van der Waals surface area contributed by atoms with Crippen molar-refractivity contribution in [1.82, 2.24) is 9.88 Å². The highest BCUT2D eigenvalue weighted by Gasteiger charge is 2.34. The number of benzene rings is 1. The van der Waals surface area contributed by atoms with Crippen molar-refractivity contribution in [2.45, 2.75) is 44.7 Å². The highest BCUT2D eigenvalue weighted by atomic mass is 16.5. The first-order valence-electron chi connectivity index (χ1n) is 11.0. The van der Waals surface area contributed by atoms with Gasteiger partial charge in [0.1, 0.15) is 5.56 Å². The third-order valence-electron chi connectivity index (χ3n) is 6.86. The van der Waals surface area contributed by atoms with E-state index in [1.165, 1.54) is 19.0 Å². The predicted octanol–water partition coefficient (Wildman–Crippen LogP) is 2.87. The molecule has 30 heavy (non-hydrogen) atoms. The van der Waals surface area contributed by atoms with Gasteiger partial charge in [-0.1, -0.05) is 6.92 Å². The van der Waals surface area contributed by atoms with E-state index in [4.69, 9.17) is 4.74 Å². The van der Waals surface area contributed by atoms with Crippen LogP contribution in [0.4, 0.5) is 5.69 Å². The Labute approximate surface area is 175 Å². The van der Waals surface area contributed by atoms with E-state index < -0.39 is 11.4 Å². The summed E-state index contributed by atoms with van der Waals surface area (Å²) in [7, 11) is 1.64. The summed E-state index contributed by atoms with van der Waals surface area (Å²) < 4.78 is 7.81. The van der Waals surface area contributed by atoms with Crippen LogP contribution < -0.4 is 20.4 Å². The molecule has 2 unspecified atom stereocenters. The molecule has 5 rings (SSSR count). The molecule has 0 radical (unpaired) electrons. The number of hydrogen-bond donors (Lipinski definition) is 2. The number of methoxy groups -OCH3 is 1. The van der Waals surface area contributed by atoms with Crippen molar-refractivity contribution in [2.75, 3.05) is 31.6 Å². The van der Waals surface area contributed by atoms with Crippen LogP contribution in [-0.2, 0) is 0 Å². The van der Waals surface area contributed by atoms with Gasteiger partial charge in [-0.15, -0.1) is 0 Å². The van der Waals surface area contributed by atoms with Crippen molar-refractivity contribution in [2.24, 2.45) is 11.8 Å². The topological polar surface area (TPSA) is 83.8 Å². The number of nitrogens with zero attached hydrogens (tertiary/aromatic N) is 2. The van der Waals surface area contributed by atoms with Crippen LogP contribution in [0.25, 0.3) is 10.9 Å². The predicted molar refractivity (Wildman–Crippen MR) is 116 cm³/mol. The van der Waals surface area contributed by atoms with Crippen molar-refractivity contribution in [3.63, 3.8) is 0 Å². The van der Waals surface area contributed by atoms with Crippen LogP contribution in [0.15, 0.2) is 23.1 Å². The van der Waals surface area contributed by atoms with Gasteiger partial charge in [-0.3, -0.25) is 4.79 Å². The lowest BCUT2D eigenvalue weighted by molar-refractivity contribution is 0.0695. The molecule has 2 aromatic rings. The Kier molecular flexibility index (Phi) is 4.73. The van der Waals surface area contributed by atoms with Crippen molar-refractivity contribution in [3.8, 4) is 5.75 Å². The van der Waals surface area contributed by atoms with E-state index in [0.717, 1.165) is 43.7 Å². The Morgan fingerprint density at radius 3 is 2.63 bits per heavy atom. The lowest BCUT2D eigenvalue weighted by Crippen LogP contribution is -2.29. The fourth-order valence-corrected chi connectivity index (χ4v) is 4.75. The summed E-state index contributed by atoms with van der Waals surface area (Å²) in [5, 5.41) is 13.6. The van der Waals surface area contributed by atoms with E-state index >= 15 is 0 Å². The summed E-state index contributed by atoms with van der Waals surface area (Å²) >= 11 is 0. The van der Waals surface area contributed by atoms with Gasteiger partial charge >= 0.3 is 5.97 Å². The fourth-order valence-electron chi connectivity index (χ4n) is 4.75. The Morgan fingerprint density at radius 1 is 1.23 bits per heavy atom. The number of hydrogen-bond acceptors (Lipinski definition) is 5. The van der Waals surface area contributed by atoms with Crippen molar-refractivity contribution in [3.05, 3.63) is 34.1 Å². The number of aromatic nitrogens is 1. The average Bonchev–Trinajstić information content (AvgIpc) is 3.64. The Balaban J connectivity index is 1.56. The summed E-state index contributed by atoms with van der Waals surface area (Å²) in [5.74, 6) is 0.637. The molecule has 3 fully saturated rings. The minimum atomic E-state index is -1.18. The number of ether oxygens (including phenoxy) is 1. The van der Waals surface area contributed by atoms with Crippen LogP contribution in [0.5, 0.6) is 5.75 Å². The van der Waals surface area contributed by atoms with E-state index in [1.807, 2.05) is 10.6 Å². The maximum Gasteiger partial charge on any atom is 0.341 e. The van der Waals surface area contributed by atoms with Crippen LogP contribution in [0.3, 0.4) is 0 Å². The van der Waals surface area contributed by atoms with E-state index in [-0.39, 0.29) is 11.6 Å². The quantitative estimate of drug-likeness (QED) is 0.729. The third-order valence-corrected chi connectivity index (χ3v) is 6.86. The number of carbonyl (C=O) groups is 1. The average molecular weight is 412 g/mol. The maximum absolute atomic E-state index is 12.9. The molecule has 1 aliphatic heterocycles. The number of carboxylic acid groups (broad SMARTS) is 1. The number of anilines is 1. The minimum absolute atomic E-state index is 0.176. The minimum Gasteiger partial charge on any atom is -0.492 e. The first kappa shape index (κ1) is 19.4. The standard InChI is InChI=1S/C23H29N3O4/c1-13-10-25(11-14(13)9-24-15-3-4-15)19-8-7-17-20(22(19)30-2)26(16-5-6-16)12-18(21(17)27)23(28)29/h7-8,12-16,24H,3-6,9-11H2,1-2H3,(H,28,29). The van der Waals surface area contributed by atoms with E-state index in [1.54, 1.807) is 13.2 Å². The van der Waals surface area contributed by atoms with Crippen molar-refractivity contribution < 1.29 is 14.6 Å². The van der Waals surface area contributed by atoms with E-state index in [2.05, 4.69) is 17.1 Å². The third kappa shape index (κ3) is 3.35. The zero-order valence-corrected chi connectivity index (χ0v) is 17.6. The van der Waals surface area contributed by atoms with E-state index in [0.29, 0.717) is 29.0 Å². The van der Waals surface area contributed by atoms with Crippen LogP contribution in [-0.4, -0.2) is 48.4 Å². The molecule has 7 heteroatoms. The van der Waals surface area contributed by atoms with Crippen LogP contribution >= 0.6 is 0 Å². The highest BCUT2D eigenvalue weighted by molar-refractivity contribution is 5.97. The summed E-state index contributed by atoms with van der Waals surface area (Å²) in [6.45, 7) is 5.22. The monoisotopic (exact) mass is 411 g/mol. The molecule has 0 bridgehead atoms. The van der Waals surface area contributed by atoms with Gasteiger partial charge in [0, 0.05) is 37.9 Å². The maximum atomic E-state index is 12.9. The second-order valence-corrected chi connectivity index (χ2v) is 9.15. The van der Waals surface area contributed by atoms with Gasteiger partial charge in [-0.25, -0.2) is 4.79 Å². The van der Waals surface area contributed by atoms with Gasteiger partial charge in [0.2, 0.25) is 5.43 Å². The summed E-state index contributed by atoms with van der Waals surface area (Å²) in [5.41, 5.74) is 1.09. The molecule has 1 saturated heterocycles. The molecule has 2 atom stereocenters. The fraction of sp³-hybridized carbons (Fsp3) is 0.565. The zero-order chi connectivity index (χ0) is 21.0. The normalized spacial score (nSPS) is 23.9. The molecule has 2 aliphatic carbocycles. The summed E-state index contributed by atoms with van der Waals surface area (Å²) in [6, 6.07) is 4.64. The SMILES string of the molecule is COc1c(N2CC(C)C(CNC3CC3)C2)ccc2c(=O)c(C(=O)O)cn(C3CC3)c12. The van der Waals surface area contributed by atoms with Gasteiger partial charge in [0.25, 0.3) is 0 Å². The first-order valence-corrected chi connectivity index (χ1v) is 11.0. The largest absolute Gasteiger partial charge is 0.492 e. The highest BCUT2D eigenvalue weighted by Crippen LogP contribution is 2.43. The van der Waals surface area contributed by atoms with Crippen LogP contribution in [0.1, 0.15) is 49.0 Å². The second-order valence-electron chi connectivity index (χ2n) is 9.15. The molecule has 0 amide bonds. The molecular weight excluding hydrogens is 382 g/mol. The Morgan fingerprint density at radius 2 is 2.00 bits per heavy atom. The molecule has 0 spiro atoms. The number of carboxylic acids is 1. The van der Waals surface area contributed by atoms with Crippen LogP contribution in [0, 0.1) is 11.8 Å². The van der Waals surface area contributed by atoms with Crippen molar-refractivity contribution in [1.29, 1.82) is 0 Å². The number of rotatable bonds is 7. The molecule has 7 nitrogen and oxygen atoms in total. The van der Waals surface area contributed by atoms with Crippen molar-refractivity contribution >= 4 is 22.6 Å². The molecule has 2 saturated carbocycles. The van der Waals surface area contributed by atoms with Gasteiger partial charge in [0.15, 0.2) is 5.75 Å². The van der Waals surface area contributed by atoms with Gasteiger partial charge in [-0.05, 0) is 49.7 Å².